The molecule has 0 bridgehead atoms. The number of carbonyl (C=O) groups is 1. The van der Waals surface area contributed by atoms with E-state index in [9.17, 15) is 4.79 Å². The van der Waals surface area contributed by atoms with E-state index in [0.29, 0.717) is 12.6 Å². The second-order valence-corrected chi connectivity index (χ2v) is 6.54. The van der Waals surface area contributed by atoms with Crippen molar-refractivity contribution in [2.45, 2.75) is 13.0 Å². The Bertz CT molecular complexity index is 600. The highest BCUT2D eigenvalue weighted by Crippen LogP contribution is 2.29. The van der Waals surface area contributed by atoms with Crippen LogP contribution in [0.1, 0.15) is 18.0 Å². The first-order chi connectivity index (χ1) is 10.1. The van der Waals surface area contributed by atoms with Gasteiger partial charge in [0.15, 0.2) is 0 Å². The van der Waals surface area contributed by atoms with Crippen LogP contribution in [0.2, 0.25) is 0 Å². The predicted octanol–water partition coefficient (Wildman–Crippen LogP) is 1.46. The van der Waals surface area contributed by atoms with Crippen molar-refractivity contribution in [2.24, 2.45) is 5.73 Å². The number of primary amides is 1. The molecule has 1 atom stereocenters. The third-order valence-corrected chi connectivity index (χ3v) is 5.21. The van der Waals surface area contributed by atoms with E-state index < -0.39 is 0 Å². The van der Waals surface area contributed by atoms with E-state index in [4.69, 9.17) is 10.7 Å². The molecule has 3 rings (SSSR count). The Morgan fingerprint density at radius 1 is 1.33 bits per heavy atom. The van der Waals surface area contributed by atoms with Crippen LogP contribution in [0, 0.1) is 0 Å². The van der Waals surface area contributed by atoms with Crippen molar-refractivity contribution in [3.8, 4) is 0 Å². The van der Waals surface area contributed by atoms with E-state index in [2.05, 4.69) is 34.9 Å². The van der Waals surface area contributed by atoms with Gasteiger partial charge in [0.25, 0.3) is 0 Å². The van der Waals surface area contributed by atoms with Crippen LogP contribution < -0.4 is 5.73 Å². The van der Waals surface area contributed by atoms with Gasteiger partial charge < -0.3 is 5.73 Å². The average Bonchev–Trinajstić information content (AvgIpc) is 2.90. The van der Waals surface area contributed by atoms with Crippen molar-refractivity contribution in [1.29, 1.82) is 0 Å². The lowest BCUT2D eigenvalue weighted by Gasteiger charge is -2.36. The molecule has 0 saturated carbocycles. The number of aromatic nitrogens is 1. The second kappa shape index (κ2) is 6.09. The van der Waals surface area contributed by atoms with E-state index in [-0.39, 0.29) is 5.91 Å². The summed E-state index contributed by atoms with van der Waals surface area (Å²) in [4.78, 5) is 20.2. The highest BCUT2D eigenvalue weighted by atomic mass is 32.1. The van der Waals surface area contributed by atoms with Gasteiger partial charge in [0, 0.05) is 26.2 Å². The molecule has 0 unspecified atom stereocenters. The number of nitrogens with two attached hydrogens (primary N) is 1. The number of thiazole rings is 1. The molecule has 21 heavy (non-hydrogen) atoms. The molecule has 1 aromatic heterocycles. The van der Waals surface area contributed by atoms with Gasteiger partial charge in [0.2, 0.25) is 5.91 Å². The molecular formula is C15H20N4OS. The predicted molar refractivity (Wildman–Crippen MR) is 85.2 cm³/mol. The maximum Gasteiger partial charge on any atom is 0.231 e. The third-order valence-electron chi connectivity index (χ3n) is 4.00. The zero-order valence-corrected chi connectivity index (χ0v) is 13.0. The quantitative estimate of drug-likeness (QED) is 0.929. The highest BCUT2D eigenvalue weighted by Gasteiger charge is 2.24. The lowest BCUT2D eigenvalue weighted by atomic mass is 10.2. The molecule has 0 spiro atoms. The van der Waals surface area contributed by atoms with Gasteiger partial charge >= 0.3 is 0 Å². The van der Waals surface area contributed by atoms with Crippen LogP contribution >= 0.6 is 11.3 Å². The normalized spacial score (nSPS) is 18.9. The molecule has 0 radical (unpaired) electrons. The SMILES string of the molecule is C[C@@H](c1nc2ccccc2s1)N1CCN(CC(N)=O)CC1. The Balaban J connectivity index is 1.66. The minimum atomic E-state index is -0.248. The van der Waals surface area contributed by atoms with E-state index in [1.54, 1.807) is 11.3 Å². The number of piperazine rings is 1. The number of amides is 1. The summed E-state index contributed by atoms with van der Waals surface area (Å²) < 4.78 is 1.24. The summed E-state index contributed by atoms with van der Waals surface area (Å²) in [5, 5.41) is 1.17. The maximum absolute atomic E-state index is 11.0. The summed E-state index contributed by atoms with van der Waals surface area (Å²) in [6, 6.07) is 8.58. The Labute approximate surface area is 128 Å². The molecule has 1 aromatic carbocycles. The molecular weight excluding hydrogens is 284 g/mol. The number of rotatable bonds is 4. The van der Waals surface area contributed by atoms with Crippen LogP contribution in [0.25, 0.3) is 10.2 Å². The summed E-state index contributed by atoms with van der Waals surface area (Å²) >= 11 is 1.77. The van der Waals surface area contributed by atoms with Crippen LogP contribution in [0.5, 0.6) is 0 Å². The molecule has 1 aliphatic rings. The monoisotopic (exact) mass is 304 g/mol. The van der Waals surface area contributed by atoms with Crippen LogP contribution in [0.3, 0.4) is 0 Å². The van der Waals surface area contributed by atoms with Crippen LogP contribution in [-0.2, 0) is 4.79 Å². The van der Waals surface area contributed by atoms with E-state index in [0.717, 1.165) is 31.7 Å². The van der Waals surface area contributed by atoms with E-state index in [1.807, 2.05) is 6.07 Å². The fourth-order valence-electron chi connectivity index (χ4n) is 2.75. The van der Waals surface area contributed by atoms with Gasteiger partial charge in [-0.15, -0.1) is 11.3 Å². The molecule has 2 aromatic rings. The molecule has 2 N–H and O–H groups in total. The Kier molecular flexibility index (Phi) is 4.19. The summed E-state index contributed by atoms with van der Waals surface area (Å²) in [6.45, 7) is 6.25. The molecule has 1 fully saturated rings. The van der Waals surface area contributed by atoms with E-state index in [1.165, 1.54) is 9.71 Å². The number of benzene rings is 1. The smallest absolute Gasteiger partial charge is 0.231 e. The largest absolute Gasteiger partial charge is 0.369 e. The first-order valence-corrected chi connectivity index (χ1v) is 8.05. The minimum Gasteiger partial charge on any atom is -0.369 e. The van der Waals surface area contributed by atoms with Crippen LogP contribution in [0.15, 0.2) is 24.3 Å². The van der Waals surface area contributed by atoms with Crippen molar-refractivity contribution >= 4 is 27.5 Å². The van der Waals surface area contributed by atoms with Crippen molar-refractivity contribution in [3.05, 3.63) is 29.3 Å². The first kappa shape index (κ1) is 14.4. The summed E-state index contributed by atoms with van der Waals surface area (Å²) in [7, 11) is 0. The number of fused-ring (bicyclic) bond motifs is 1. The number of para-hydroxylation sites is 1. The van der Waals surface area contributed by atoms with Crippen molar-refractivity contribution in [3.63, 3.8) is 0 Å². The van der Waals surface area contributed by atoms with Gasteiger partial charge in [-0.2, -0.15) is 0 Å². The van der Waals surface area contributed by atoms with Crippen molar-refractivity contribution < 1.29 is 4.79 Å². The van der Waals surface area contributed by atoms with Crippen LogP contribution in [0.4, 0.5) is 0 Å². The van der Waals surface area contributed by atoms with Gasteiger partial charge in [-0.25, -0.2) is 4.98 Å². The zero-order valence-electron chi connectivity index (χ0n) is 12.2. The van der Waals surface area contributed by atoms with Gasteiger partial charge in [0.1, 0.15) is 5.01 Å². The Hall–Kier alpha value is -1.50. The van der Waals surface area contributed by atoms with E-state index >= 15 is 0 Å². The molecule has 1 saturated heterocycles. The van der Waals surface area contributed by atoms with Crippen molar-refractivity contribution in [1.82, 2.24) is 14.8 Å². The number of hydrogen-bond acceptors (Lipinski definition) is 5. The Morgan fingerprint density at radius 3 is 2.71 bits per heavy atom. The molecule has 1 amide bonds. The summed E-state index contributed by atoms with van der Waals surface area (Å²) in [5.41, 5.74) is 6.33. The number of carbonyl (C=O) groups excluding carboxylic acids is 1. The lowest BCUT2D eigenvalue weighted by Crippen LogP contribution is -2.49. The van der Waals surface area contributed by atoms with Gasteiger partial charge in [0.05, 0.1) is 22.8 Å². The second-order valence-electron chi connectivity index (χ2n) is 5.47. The topological polar surface area (TPSA) is 62.5 Å². The third kappa shape index (κ3) is 3.23. The van der Waals surface area contributed by atoms with Crippen molar-refractivity contribution in [2.75, 3.05) is 32.7 Å². The minimum absolute atomic E-state index is 0.248. The molecule has 5 nitrogen and oxygen atoms in total. The summed E-state index contributed by atoms with van der Waals surface area (Å²) in [6.07, 6.45) is 0. The maximum atomic E-state index is 11.0. The van der Waals surface area contributed by atoms with Gasteiger partial charge in [-0.1, -0.05) is 12.1 Å². The number of nitrogens with zero attached hydrogens (tertiary/aromatic N) is 3. The first-order valence-electron chi connectivity index (χ1n) is 7.23. The van der Waals surface area contributed by atoms with Gasteiger partial charge in [-0.3, -0.25) is 14.6 Å². The highest BCUT2D eigenvalue weighted by molar-refractivity contribution is 7.18. The zero-order chi connectivity index (χ0) is 14.8. The fourth-order valence-corrected chi connectivity index (χ4v) is 3.81. The number of hydrogen-bond donors (Lipinski definition) is 1. The molecule has 112 valence electrons. The molecule has 6 heteroatoms. The summed E-state index contributed by atoms with van der Waals surface area (Å²) in [5.74, 6) is -0.248. The van der Waals surface area contributed by atoms with Gasteiger partial charge in [-0.05, 0) is 19.1 Å². The van der Waals surface area contributed by atoms with Crippen LogP contribution in [-0.4, -0.2) is 53.4 Å². The Morgan fingerprint density at radius 2 is 2.05 bits per heavy atom. The standard InChI is InChI=1S/C15H20N4OS/c1-11(15-17-12-4-2-3-5-13(12)21-15)19-8-6-18(7-9-19)10-14(16)20/h2-5,11H,6-10H2,1H3,(H2,16,20)/t11-/m0/s1. The lowest BCUT2D eigenvalue weighted by molar-refractivity contribution is -0.119. The molecule has 1 aliphatic heterocycles. The average molecular weight is 304 g/mol. The molecule has 2 heterocycles. The molecule has 0 aliphatic carbocycles. The fraction of sp³-hybridized carbons (Fsp3) is 0.467.